The Kier molecular flexibility index (Phi) is 5.02. The van der Waals surface area contributed by atoms with Crippen molar-refractivity contribution in [1.29, 1.82) is 0 Å². The Balaban J connectivity index is 2.64. The van der Waals surface area contributed by atoms with E-state index in [1.165, 1.54) is 18.5 Å². The number of benzene rings is 1. The van der Waals surface area contributed by atoms with E-state index < -0.39 is 0 Å². The van der Waals surface area contributed by atoms with Crippen LogP contribution in [0.15, 0.2) is 28.7 Å². The van der Waals surface area contributed by atoms with E-state index in [0.717, 1.165) is 17.6 Å². The van der Waals surface area contributed by atoms with E-state index in [9.17, 15) is 0 Å². The summed E-state index contributed by atoms with van der Waals surface area (Å²) in [5.41, 5.74) is 1.32. The summed E-state index contributed by atoms with van der Waals surface area (Å²) in [5.74, 6) is 0. The number of hydrogen-bond donors (Lipinski definition) is 0. The lowest BCUT2D eigenvalue weighted by Crippen LogP contribution is -2.23. The highest BCUT2D eigenvalue weighted by atomic mass is 79.9. The van der Waals surface area contributed by atoms with Crippen LogP contribution in [-0.2, 0) is 0 Å². The molecule has 0 saturated heterocycles. The Bertz CT molecular complexity index is 256. The van der Waals surface area contributed by atoms with Crippen LogP contribution in [0.5, 0.6) is 0 Å². The van der Waals surface area contributed by atoms with Gasteiger partial charge >= 0.3 is 0 Å². The molecule has 1 aromatic carbocycles. The van der Waals surface area contributed by atoms with Crippen LogP contribution in [0.4, 0.5) is 5.69 Å². The standard InChI is InChI=1S/C12H18BrN/c1-3-5-10-14(4-2)12-8-6-11(13)7-9-12/h6-9H,3-5,10H2,1-2H3. The number of hydrogen-bond acceptors (Lipinski definition) is 1. The summed E-state index contributed by atoms with van der Waals surface area (Å²) < 4.78 is 1.15. The minimum absolute atomic E-state index is 1.08. The first-order chi connectivity index (χ1) is 6.77. The van der Waals surface area contributed by atoms with E-state index in [1.807, 2.05) is 0 Å². The van der Waals surface area contributed by atoms with E-state index in [0.29, 0.717) is 0 Å². The number of nitrogens with zero attached hydrogens (tertiary/aromatic N) is 1. The molecule has 0 spiro atoms. The molecular formula is C12H18BrN. The summed E-state index contributed by atoms with van der Waals surface area (Å²) in [6.07, 6.45) is 2.52. The number of rotatable bonds is 5. The smallest absolute Gasteiger partial charge is 0.0366 e. The van der Waals surface area contributed by atoms with Crippen molar-refractivity contribution >= 4 is 21.6 Å². The van der Waals surface area contributed by atoms with Crippen LogP contribution in [0.1, 0.15) is 26.7 Å². The van der Waals surface area contributed by atoms with Crippen molar-refractivity contribution < 1.29 is 0 Å². The Hall–Kier alpha value is -0.500. The number of anilines is 1. The first kappa shape index (κ1) is 11.6. The maximum absolute atomic E-state index is 3.45. The van der Waals surface area contributed by atoms with Gasteiger partial charge in [0.05, 0.1) is 0 Å². The van der Waals surface area contributed by atoms with Gasteiger partial charge in [0.1, 0.15) is 0 Å². The van der Waals surface area contributed by atoms with E-state index in [1.54, 1.807) is 0 Å². The predicted molar refractivity (Wildman–Crippen MR) is 66.9 cm³/mol. The normalized spacial score (nSPS) is 10.2. The van der Waals surface area contributed by atoms with Crippen molar-refractivity contribution in [3.63, 3.8) is 0 Å². The quantitative estimate of drug-likeness (QED) is 0.767. The lowest BCUT2D eigenvalue weighted by atomic mass is 10.2. The van der Waals surface area contributed by atoms with Crippen LogP contribution in [0.25, 0.3) is 0 Å². The van der Waals surface area contributed by atoms with Crippen LogP contribution in [0.3, 0.4) is 0 Å². The largest absolute Gasteiger partial charge is 0.372 e. The van der Waals surface area contributed by atoms with Crippen LogP contribution in [0, 0.1) is 0 Å². The fourth-order valence-electron chi connectivity index (χ4n) is 1.47. The molecule has 0 amide bonds. The van der Waals surface area contributed by atoms with Gasteiger partial charge < -0.3 is 4.90 Å². The molecule has 0 unspecified atom stereocenters. The first-order valence-corrected chi connectivity index (χ1v) is 6.07. The third-order valence-corrected chi connectivity index (χ3v) is 2.88. The van der Waals surface area contributed by atoms with Crippen LogP contribution < -0.4 is 4.90 Å². The Morgan fingerprint density at radius 3 is 2.29 bits per heavy atom. The second kappa shape index (κ2) is 6.07. The first-order valence-electron chi connectivity index (χ1n) is 5.28. The maximum Gasteiger partial charge on any atom is 0.0366 e. The van der Waals surface area contributed by atoms with Crippen molar-refractivity contribution in [2.24, 2.45) is 0 Å². The minimum Gasteiger partial charge on any atom is -0.372 e. The minimum atomic E-state index is 1.08. The molecule has 0 aliphatic rings. The molecule has 0 saturated carbocycles. The summed E-state index contributed by atoms with van der Waals surface area (Å²) >= 11 is 3.45. The summed E-state index contributed by atoms with van der Waals surface area (Å²) in [6.45, 7) is 6.68. The van der Waals surface area contributed by atoms with Gasteiger partial charge in [-0.2, -0.15) is 0 Å². The molecule has 78 valence electrons. The second-order valence-electron chi connectivity index (χ2n) is 3.41. The molecular weight excluding hydrogens is 238 g/mol. The zero-order valence-corrected chi connectivity index (χ0v) is 10.5. The highest BCUT2D eigenvalue weighted by molar-refractivity contribution is 9.10. The molecule has 2 heteroatoms. The highest BCUT2D eigenvalue weighted by Crippen LogP contribution is 2.18. The third kappa shape index (κ3) is 3.33. The lowest BCUT2D eigenvalue weighted by Gasteiger charge is -2.22. The molecule has 0 heterocycles. The predicted octanol–water partition coefficient (Wildman–Crippen LogP) is 4.08. The molecule has 0 aliphatic carbocycles. The molecule has 0 N–H and O–H groups in total. The van der Waals surface area contributed by atoms with Gasteiger partial charge in [0.2, 0.25) is 0 Å². The monoisotopic (exact) mass is 255 g/mol. The van der Waals surface area contributed by atoms with Crippen LogP contribution in [-0.4, -0.2) is 13.1 Å². The molecule has 1 rings (SSSR count). The summed E-state index contributed by atoms with van der Waals surface area (Å²) in [5, 5.41) is 0. The topological polar surface area (TPSA) is 3.24 Å². The van der Waals surface area contributed by atoms with Gasteiger partial charge in [-0.05, 0) is 37.6 Å². The fraction of sp³-hybridized carbons (Fsp3) is 0.500. The molecule has 1 aromatic rings. The molecule has 1 nitrogen and oxygen atoms in total. The zero-order chi connectivity index (χ0) is 10.4. The van der Waals surface area contributed by atoms with Gasteiger partial charge in [0, 0.05) is 23.2 Å². The molecule has 0 aromatic heterocycles. The van der Waals surface area contributed by atoms with E-state index in [4.69, 9.17) is 0 Å². The average Bonchev–Trinajstić information content (AvgIpc) is 2.21. The van der Waals surface area contributed by atoms with Crippen molar-refractivity contribution in [2.75, 3.05) is 18.0 Å². The van der Waals surface area contributed by atoms with Gasteiger partial charge in [0.15, 0.2) is 0 Å². The molecule has 0 aliphatic heterocycles. The molecule has 0 radical (unpaired) electrons. The maximum atomic E-state index is 3.45. The second-order valence-corrected chi connectivity index (χ2v) is 4.33. The fourth-order valence-corrected chi connectivity index (χ4v) is 1.74. The van der Waals surface area contributed by atoms with Crippen molar-refractivity contribution in [2.45, 2.75) is 26.7 Å². The van der Waals surface area contributed by atoms with Crippen LogP contribution in [0.2, 0.25) is 0 Å². The number of halogens is 1. The van der Waals surface area contributed by atoms with Crippen molar-refractivity contribution in [3.05, 3.63) is 28.7 Å². The Labute approximate surface area is 95.2 Å². The summed E-state index contributed by atoms with van der Waals surface area (Å²) in [6, 6.07) is 8.54. The summed E-state index contributed by atoms with van der Waals surface area (Å²) in [4.78, 5) is 2.41. The molecule has 0 bridgehead atoms. The van der Waals surface area contributed by atoms with Gasteiger partial charge in [0.25, 0.3) is 0 Å². The van der Waals surface area contributed by atoms with Crippen molar-refractivity contribution in [1.82, 2.24) is 0 Å². The van der Waals surface area contributed by atoms with Gasteiger partial charge in [-0.3, -0.25) is 0 Å². The molecule has 14 heavy (non-hydrogen) atoms. The molecule has 0 atom stereocenters. The van der Waals surface area contributed by atoms with Gasteiger partial charge in [-0.15, -0.1) is 0 Å². The zero-order valence-electron chi connectivity index (χ0n) is 8.96. The molecule has 0 fully saturated rings. The highest BCUT2D eigenvalue weighted by Gasteiger charge is 2.02. The number of unbranched alkanes of at least 4 members (excludes halogenated alkanes) is 1. The summed E-state index contributed by atoms with van der Waals surface area (Å²) in [7, 11) is 0. The Morgan fingerprint density at radius 1 is 1.14 bits per heavy atom. The third-order valence-electron chi connectivity index (χ3n) is 2.36. The van der Waals surface area contributed by atoms with E-state index in [-0.39, 0.29) is 0 Å². The van der Waals surface area contributed by atoms with Crippen LogP contribution >= 0.6 is 15.9 Å². The average molecular weight is 256 g/mol. The van der Waals surface area contributed by atoms with E-state index >= 15 is 0 Å². The Morgan fingerprint density at radius 2 is 1.79 bits per heavy atom. The lowest BCUT2D eigenvalue weighted by molar-refractivity contribution is 0.732. The van der Waals surface area contributed by atoms with E-state index in [2.05, 4.69) is 58.9 Å². The SMILES string of the molecule is CCCCN(CC)c1ccc(Br)cc1. The van der Waals surface area contributed by atoms with Gasteiger partial charge in [-0.25, -0.2) is 0 Å². The van der Waals surface area contributed by atoms with Gasteiger partial charge in [-0.1, -0.05) is 29.3 Å². The van der Waals surface area contributed by atoms with Crippen molar-refractivity contribution in [3.8, 4) is 0 Å².